The minimum Gasteiger partial charge on any atom is -1.00 e. The molecule has 0 aliphatic rings. The van der Waals surface area contributed by atoms with E-state index in [1.165, 1.54) is 0 Å². The van der Waals surface area contributed by atoms with Crippen LogP contribution in [0.15, 0.2) is 0 Å². The van der Waals surface area contributed by atoms with Crippen molar-refractivity contribution in [2.24, 2.45) is 0 Å². The van der Waals surface area contributed by atoms with Gasteiger partial charge in [-0.05, 0) is 11.1 Å². The van der Waals surface area contributed by atoms with E-state index in [9.17, 15) is 8.76 Å². The zero-order chi connectivity index (χ0) is 5.86. The number of aliphatic hydroxyl groups excluding tert-OH is 1. The fraction of sp³-hybridized carbons (Fsp3) is 1.00. The zero-order valence-corrected chi connectivity index (χ0v) is 9.04. The van der Waals surface area contributed by atoms with Crippen LogP contribution in [0.25, 0.3) is 0 Å². The Morgan fingerprint density at radius 3 is 2.11 bits per heavy atom. The molecular formula is C2H4Cl2NaO3S-. The van der Waals surface area contributed by atoms with E-state index in [0.717, 1.165) is 0 Å². The van der Waals surface area contributed by atoms with Crippen molar-refractivity contribution in [3.8, 4) is 0 Å². The maximum Gasteiger partial charge on any atom is 1.00 e. The Morgan fingerprint density at radius 1 is 1.78 bits per heavy atom. The summed E-state index contributed by atoms with van der Waals surface area (Å²) in [6, 6.07) is 0. The maximum atomic E-state index is 9.64. The minimum atomic E-state index is -2.34. The van der Waals surface area contributed by atoms with E-state index in [2.05, 4.69) is 0 Å². The molecule has 0 bridgehead atoms. The second kappa shape index (κ2) is 9.65. The molecule has 52 valence electrons. The molecule has 7 heteroatoms. The average Bonchev–Trinajstić information content (AvgIpc) is 1.65. The number of aliphatic hydroxyl groups is 1. The van der Waals surface area contributed by atoms with E-state index in [4.69, 9.17) is 16.7 Å². The topological polar surface area (TPSA) is 60.4 Å². The molecule has 2 atom stereocenters. The first-order valence-corrected chi connectivity index (χ1v) is 3.09. The third-order valence-corrected chi connectivity index (χ3v) is 1.49. The van der Waals surface area contributed by atoms with Crippen molar-refractivity contribution in [2.75, 3.05) is 6.61 Å². The summed E-state index contributed by atoms with van der Waals surface area (Å²) in [7, 11) is 0. The Kier molecular flexibility index (Phi) is 18.2. The van der Waals surface area contributed by atoms with Crippen molar-refractivity contribution in [1.82, 2.24) is 0 Å². The molecule has 0 aromatic heterocycles. The first kappa shape index (κ1) is 16.9. The van der Waals surface area contributed by atoms with E-state index >= 15 is 0 Å². The molecule has 0 spiro atoms. The van der Waals surface area contributed by atoms with Crippen molar-refractivity contribution >= 4 is 22.7 Å². The third-order valence-electron chi connectivity index (χ3n) is 0.352. The second-order valence-corrected chi connectivity index (χ2v) is 2.73. The largest absolute Gasteiger partial charge is 1.00 e. The molecule has 0 rings (SSSR count). The normalized spacial score (nSPS) is 14.6. The number of halogens is 2. The molecule has 3 nitrogen and oxygen atoms in total. The molecule has 0 saturated carbocycles. The van der Waals surface area contributed by atoms with Gasteiger partial charge in [0.15, 0.2) is 0 Å². The van der Waals surface area contributed by atoms with Crippen LogP contribution < -0.4 is 42.0 Å². The quantitative estimate of drug-likeness (QED) is 0.275. The predicted octanol–water partition coefficient (Wildman–Crippen LogP) is -6.57. The molecule has 0 amide bonds. The van der Waals surface area contributed by atoms with Gasteiger partial charge < -0.3 is 22.1 Å². The Morgan fingerprint density at radius 2 is 2.11 bits per heavy atom. The van der Waals surface area contributed by atoms with Gasteiger partial charge in [-0.2, -0.15) is 0 Å². The molecule has 0 heterocycles. The summed E-state index contributed by atoms with van der Waals surface area (Å²) in [6.45, 7) is -0.530. The molecule has 0 aliphatic heterocycles. The number of hydrogen-bond acceptors (Lipinski definition) is 3. The van der Waals surface area contributed by atoms with Gasteiger partial charge >= 0.3 is 29.6 Å². The van der Waals surface area contributed by atoms with Gasteiger partial charge in [0.25, 0.3) is 0 Å². The molecule has 0 radical (unpaired) electrons. The summed E-state index contributed by atoms with van der Waals surface area (Å²) in [5.41, 5.74) is 0. The minimum absolute atomic E-state index is 0. The Hall–Kier alpha value is 1.65. The van der Waals surface area contributed by atoms with Crippen LogP contribution >= 0.6 is 11.6 Å². The van der Waals surface area contributed by atoms with Gasteiger partial charge in [0.1, 0.15) is 4.71 Å². The van der Waals surface area contributed by atoms with Crippen LogP contribution in [0.5, 0.6) is 0 Å². The number of alkyl halides is 1. The molecule has 2 unspecified atom stereocenters. The molecular weight excluding hydrogens is 198 g/mol. The fourth-order valence-corrected chi connectivity index (χ4v) is 0.183. The summed E-state index contributed by atoms with van der Waals surface area (Å²) in [4.78, 5) is 0. The average molecular weight is 202 g/mol. The van der Waals surface area contributed by atoms with Gasteiger partial charge in [-0.15, -0.1) is 11.6 Å². The van der Waals surface area contributed by atoms with Crippen LogP contribution in [-0.4, -0.2) is 25.2 Å². The van der Waals surface area contributed by atoms with Gasteiger partial charge in [-0.1, -0.05) is 0 Å². The standard InChI is InChI=1S/C2H5ClO3S.ClH.Na/c3-2(1-4)7(5)6;;/h2,4H,1H2,(H,5,6);1H;/q;;+1/p-2. The number of hydrogen-bond donors (Lipinski definition) is 1. The maximum absolute atomic E-state index is 9.64. The molecule has 0 aromatic rings. The monoisotopic (exact) mass is 201 g/mol. The zero-order valence-electron chi connectivity index (χ0n) is 4.71. The fourth-order valence-electron chi connectivity index (χ4n) is 0.0609. The van der Waals surface area contributed by atoms with E-state index < -0.39 is 22.4 Å². The summed E-state index contributed by atoms with van der Waals surface area (Å²) in [6.07, 6.45) is 0. The molecule has 0 saturated heterocycles. The first-order valence-electron chi connectivity index (χ1n) is 1.51. The van der Waals surface area contributed by atoms with E-state index in [0.29, 0.717) is 0 Å². The van der Waals surface area contributed by atoms with E-state index in [1.807, 2.05) is 0 Å². The van der Waals surface area contributed by atoms with Crippen molar-refractivity contribution in [3.05, 3.63) is 0 Å². The van der Waals surface area contributed by atoms with Crippen molar-refractivity contribution in [1.29, 1.82) is 0 Å². The van der Waals surface area contributed by atoms with Crippen LogP contribution in [0, 0.1) is 0 Å². The van der Waals surface area contributed by atoms with Crippen LogP contribution in [0.2, 0.25) is 0 Å². The molecule has 9 heavy (non-hydrogen) atoms. The summed E-state index contributed by atoms with van der Waals surface area (Å²) in [5, 5.41) is 7.98. The third kappa shape index (κ3) is 9.65. The van der Waals surface area contributed by atoms with E-state index in [1.54, 1.807) is 0 Å². The van der Waals surface area contributed by atoms with Crippen molar-refractivity contribution in [2.45, 2.75) is 4.71 Å². The summed E-state index contributed by atoms with van der Waals surface area (Å²) in [5.74, 6) is 0. The molecule has 0 aromatic carbocycles. The smallest absolute Gasteiger partial charge is 1.00 e. The second-order valence-electron chi connectivity index (χ2n) is 0.853. The van der Waals surface area contributed by atoms with Gasteiger partial charge in [-0.3, -0.25) is 4.21 Å². The summed E-state index contributed by atoms with van der Waals surface area (Å²) < 4.78 is 18.1. The van der Waals surface area contributed by atoms with Crippen molar-refractivity contribution in [3.63, 3.8) is 0 Å². The van der Waals surface area contributed by atoms with E-state index in [-0.39, 0.29) is 42.0 Å². The van der Waals surface area contributed by atoms with Gasteiger partial charge in [0.05, 0.1) is 6.61 Å². The Labute approximate surface area is 89.1 Å². The van der Waals surface area contributed by atoms with Crippen LogP contribution in [0.1, 0.15) is 0 Å². The van der Waals surface area contributed by atoms with Crippen LogP contribution in [0.3, 0.4) is 0 Å². The van der Waals surface area contributed by atoms with Crippen molar-refractivity contribution < 1.29 is 55.8 Å². The predicted molar refractivity (Wildman–Crippen MR) is 25.6 cm³/mol. The van der Waals surface area contributed by atoms with Gasteiger partial charge in [-0.25, -0.2) is 0 Å². The Bertz CT molecular complexity index is 82.2. The summed E-state index contributed by atoms with van der Waals surface area (Å²) >= 11 is 2.59. The molecule has 0 fully saturated rings. The first-order chi connectivity index (χ1) is 3.18. The van der Waals surface area contributed by atoms with Gasteiger partial charge in [0, 0.05) is 0 Å². The molecule has 0 aliphatic carbocycles. The SMILES string of the molecule is O=S([O-])C(Cl)CO.[Cl-].[Na+]. The Balaban J connectivity index is -0.000000180. The molecule has 1 N–H and O–H groups in total. The van der Waals surface area contributed by atoms with Gasteiger partial charge in [0.2, 0.25) is 0 Å². The number of rotatable bonds is 2. The van der Waals surface area contributed by atoms with Crippen LogP contribution in [0.4, 0.5) is 0 Å². The van der Waals surface area contributed by atoms with Crippen LogP contribution in [-0.2, 0) is 11.1 Å².